The lowest BCUT2D eigenvalue weighted by Gasteiger charge is -2.29. The monoisotopic (exact) mass is 377 g/mol. The van der Waals surface area contributed by atoms with Crippen LogP contribution in [-0.2, 0) is 20.4 Å². The number of ether oxygens (including phenoxy) is 2. The smallest absolute Gasteiger partial charge is 0.413 e. The summed E-state index contributed by atoms with van der Waals surface area (Å²) < 4.78 is 10.5. The van der Waals surface area contributed by atoms with E-state index in [2.05, 4.69) is 5.32 Å². The van der Waals surface area contributed by atoms with E-state index < -0.39 is 18.1 Å². The molecule has 1 aromatic carbocycles. The van der Waals surface area contributed by atoms with Gasteiger partial charge < -0.3 is 14.8 Å². The molecule has 150 valence electrons. The molecule has 0 aliphatic carbocycles. The number of hydrogen-bond acceptors (Lipinski definition) is 5. The molecule has 1 aromatic rings. The number of hydrogen-bond donors (Lipinski definition) is 1. The molecule has 0 heterocycles. The number of aldehydes is 1. The van der Waals surface area contributed by atoms with Crippen LogP contribution in [0.15, 0.2) is 12.1 Å². The van der Waals surface area contributed by atoms with Gasteiger partial charge in [0.1, 0.15) is 18.1 Å². The summed E-state index contributed by atoms with van der Waals surface area (Å²) in [5, 5.41) is 2.49. The van der Waals surface area contributed by atoms with E-state index in [1.165, 1.54) is 6.92 Å². The minimum atomic E-state index is -0.831. The van der Waals surface area contributed by atoms with Crippen LogP contribution < -0.4 is 10.1 Å². The Morgan fingerprint density at radius 3 is 1.93 bits per heavy atom. The number of amides is 1. The van der Waals surface area contributed by atoms with Crippen LogP contribution in [0.2, 0.25) is 0 Å². The van der Waals surface area contributed by atoms with Gasteiger partial charge in [-0.15, -0.1) is 0 Å². The maximum Gasteiger partial charge on any atom is 0.413 e. The third-order valence-corrected chi connectivity index (χ3v) is 4.03. The summed E-state index contributed by atoms with van der Waals surface area (Å²) in [6.45, 7) is 15.3. The molecule has 1 atom stereocenters. The van der Waals surface area contributed by atoms with E-state index in [4.69, 9.17) is 9.47 Å². The van der Waals surface area contributed by atoms with Crippen LogP contribution in [0.4, 0.5) is 4.79 Å². The van der Waals surface area contributed by atoms with Gasteiger partial charge in [-0.05, 0) is 36.8 Å². The minimum Gasteiger partial charge on any atom is -0.464 e. The molecule has 0 aromatic heterocycles. The molecule has 6 nitrogen and oxygen atoms in total. The molecule has 1 unspecified atom stereocenters. The maximum absolute atomic E-state index is 12.4. The van der Waals surface area contributed by atoms with Crippen LogP contribution in [0, 0.1) is 0 Å². The summed E-state index contributed by atoms with van der Waals surface area (Å²) in [6.07, 6.45) is 0.0439. The van der Waals surface area contributed by atoms with Crippen molar-refractivity contribution in [3.63, 3.8) is 0 Å². The minimum absolute atomic E-state index is 0.232. The van der Waals surface area contributed by atoms with E-state index in [0.29, 0.717) is 11.3 Å². The fraction of sp³-hybridized carbons (Fsp3) is 0.571. The number of esters is 1. The normalized spacial score (nSPS) is 12.9. The van der Waals surface area contributed by atoms with Crippen LogP contribution in [-0.4, -0.2) is 31.0 Å². The number of carbonyl (C=O) groups is 3. The molecule has 6 heteroatoms. The fourth-order valence-electron chi connectivity index (χ4n) is 2.57. The number of nitrogens with one attached hydrogen (secondary N) is 1. The second-order valence-corrected chi connectivity index (χ2v) is 8.57. The van der Waals surface area contributed by atoms with Crippen molar-refractivity contribution in [1.82, 2.24) is 5.32 Å². The molecule has 0 fully saturated rings. The summed E-state index contributed by atoms with van der Waals surface area (Å²) in [5.41, 5.74) is 1.30. The third-order valence-electron chi connectivity index (χ3n) is 4.03. The zero-order chi connectivity index (χ0) is 21.0. The number of rotatable bonds is 5. The van der Waals surface area contributed by atoms with Gasteiger partial charge in [0.25, 0.3) is 0 Å². The topological polar surface area (TPSA) is 81.7 Å². The Morgan fingerprint density at radius 1 is 1.07 bits per heavy atom. The third kappa shape index (κ3) is 6.08. The van der Waals surface area contributed by atoms with Gasteiger partial charge in [0.05, 0.1) is 6.61 Å². The largest absolute Gasteiger partial charge is 0.464 e. The Balaban J connectivity index is 3.34. The summed E-state index contributed by atoms with van der Waals surface area (Å²) in [6, 6.07) is 2.64. The summed E-state index contributed by atoms with van der Waals surface area (Å²) in [4.78, 5) is 35.6. The Hall–Kier alpha value is -2.37. The average molecular weight is 377 g/mol. The highest BCUT2D eigenvalue weighted by Gasteiger charge is 2.30. The standard InChI is InChI=1S/C21H31NO5/c1-9-26-18(24)13(2)22-19(25)27-17-15(20(3,4)5)10-14(12-23)11-16(17)21(6,7)8/h10-13H,9H2,1-8H3,(H,22,25). The summed E-state index contributed by atoms with van der Waals surface area (Å²) in [7, 11) is 0. The molecule has 1 amide bonds. The molecular formula is C21H31NO5. The van der Waals surface area contributed by atoms with Crippen molar-refractivity contribution >= 4 is 18.3 Å². The van der Waals surface area contributed by atoms with E-state index in [1.54, 1.807) is 19.1 Å². The number of benzene rings is 1. The lowest BCUT2D eigenvalue weighted by atomic mass is 9.78. The van der Waals surface area contributed by atoms with Crippen molar-refractivity contribution < 1.29 is 23.9 Å². The molecule has 0 aliphatic rings. The zero-order valence-electron chi connectivity index (χ0n) is 17.6. The van der Waals surface area contributed by atoms with Crippen molar-refractivity contribution in [3.8, 4) is 5.75 Å². The molecule has 27 heavy (non-hydrogen) atoms. The van der Waals surface area contributed by atoms with E-state index in [1.807, 2.05) is 41.5 Å². The quantitative estimate of drug-likeness (QED) is 0.616. The average Bonchev–Trinajstić information content (AvgIpc) is 2.52. The van der Waals surface area contributed by atoms with E-state index in [9.17, 15) is 14.4 Å². The van der Waals surface area contributed by atoms with Crippen molar-refractivity contribution in [2.24, 2.45) is 0 Å². The first kappa shape index (κ1) is 22.7. The molecule has 0 saturated heterocycles. The second-order valence-electron chi connectivity index (χ2n) is 8.57. The highest BCUT2D eigenvalue weighted by molar-refractivity contribution is 5.83. The van der Waals surface area contributed by atoms with Gasteiger partial charge >= 0.3 is 12.1 Å². The van der Waals surface area contributed by atoms with Gasteiger partial charge in [0.15, 0.2) is 0 Å². The molecule has 0 radical (unpaired) electrons. The highest BCUT2D eigenvalue weighted by atomic mass is 16.6. The number of carbonyl (C=O) groups excluding carboxylic acids is 3. The zero-order valence-corrected chi connectivity index (χ0v) is 17.6. The first-order chi connectivity index (χ1) is 12.3. The molecular weight excluding hydrogens is 346 g/mol. The first-order valence-electron chi connectivity index (χ1n) is 9.10. The van der Waals surface area contributed by atoms with Crippen LogP contribution in [0.5, 0.6) is 5.75 Å². The van der Waals surface area contributed by atoms with E-state index in [0.717, 1.165) is 17.4 Å². The van der Waals surface area contributed by atoms with Gasteiger partial charge in [0, 0.05) is 16.7 Å². The van der Waals surface area contributed by atoms with Gasteiger partial charge in [-0.2, -0.15) is 0 Å². The van der Waals surface area contributed by atoms with Crippen LogP contribution >= 0.6 is 0 Å². The van der Waals surface area contributed by atoms with Gasteiger partial charge in [-0.1, -0.05) is 41.5 Å². The Labute approximate surface area is 161 Å². The second kappa shape index (κ2) is 8.55. The Morgan fingerprint density at radius 2 is 1.56 bits per heavy atom. The predicted molar refractivity (Wildman–Crippen MR) is 104 cm³/mol. The summed E-state index contributed by atoms with van der Waals surface area (Å²) in [5.74, 6) is -0.119. The Kier molecular flexibility index (Phi) is 7.18. The van der Waals surface area contributed by atoms with Crippen molar-refractivity contribution in [1.29, 1.82) is 0 Å². The SMILES string of the molecule is CCOC(=O)C(C)NC(=O)Oc1c(C(C)(C)C)cc(C=O)cc1C(C)(C)C. The molecule has 0 spiro atoms. The van der Waals surface area contributed by atoms with Crippen LogP contribution in [0.3, 0.4) is 0 Å². The first-order valence-corrected chi connectivity index (χ1v) is 9.10. The molecule has 1 N–H and O–H groups in total. The molecule has 0 bridgehead atoms. The van der Waals surface area contributed by atoms with E-state index >= 15 is 0 Å². The lowest BCUT2D eigenvalue weighted by Crippen LogP contribution is -2.41. The Bertz CT molecular complexity index is 675. The van der Waals surface area contributed by atoms with Gasteiger partial charge in [0.2, 0.25) is 0 Å². The fourth-order valence-corrected chi connectivity index (χ4v) is 2.57. The maximum atomic E-state index is 12.4. The van der Waals surface area contributed by atoms with Crippen LogP contribution in [0.25, 0.3) is 0 Å². The van der Waals surface area contributed by atoms with Gasteiger partial charge in [-0.25, -0.2) is 9.59 Å². The molecule has 0 saturated carbocycles. The highest BCUT2D eigenvalue weighted by Crippen LogP contribution is 2.40. The lowest BCUT2D eigenvalue weighted by molar-refractivity contribution is -0.144. The molecule has 0 aliphatic heterocycles. The van der Waals surface area contributed by atoms with Crippen molar-refractivity contribution in [2.75, 3.05) is 6.61 Å². The van der Waals surface area contributed by atoms with Crippen molar-refractivity contribution in [3.05, 3.63) is 28.8 Å². The summed E-state index contributed by atoms with van der Waals surface area (Å²) >= 11 is 0. The molecule has 1 rings (SSSR count). The van der Waals surface area contributed by atoms with E-state index in [-0.39, 0.29) is 17.4 Å². The van der Waals surface area contributed by atoms with Crippen LogP contribution in [0.1, 0.15) is 76.9 Å². The predicted octanol–water partition coefficient (Wildman–Crippen LogP) is 4.13. The van der Waals surface area contributed by atoms with Gasteiger partial charge in [-0.3, -0.25) is 4.79 Å². The van der Waals surface area contributed by atoms with Crippen molar-refractivity contribution in [2.45, 2.75) is 72.3 Å².